The Hall–Kier alpha value is -3.72. The number of amides is 2. The van der Waals surface area contributed by atoms with Crippen LogP contribution in [0.15, 0.2) is 46.0 Å². The summed E-state index contributed by atoms with van der Waals surface area (Å²) in [4.78, 5) is 40.5. The fraction of sp³-hybridized carbons (Fsp3) is 0.467. The summed E-state index contributed by atoms with van der Waals surface area (Å²) in [6, 6.07) is 2.59. The predicted molar refractivity (Wildman–Crippen MR) is 173 cm³/mol. The molecule has 1 aromatic carbocycles. The molecule has 2 aromatic rings. The van der Waals surface area contributed by atoms with E-state index in [-0.39, 0.29) is 46.6 Å². The van der Waals surface area contributed by atoms with Gasteiger partial charge in [-0.15, -0.1) is 0 Å². The highest BCUT2D eigenvalue weighted by Gasteiger charge is 2.63. The quantitative estimate of drug-likeness (QED) is 0.0957. The molecule has 0 bridgehead atoms. The number of aromatic nitrogens is 2. The Morgan fingerprint density at radius 3 is 2.70 bits per heavy atom. The van der Waals surface area contributed by atoms with Crippen molar-refractivity contribution < 1.29 is 27.9 Å². The maximum atomic E-state index is 13.4. The minimum Gasteiger partial charge on any atom is -0.504 e. The van der Waals surface area contributed by atoms with Gasteiger partial charge in [0.25, 0.3) is 5.91 Å². The Morgan fingerprint density at radius 1 is 1.30 bits per heavy atom. The second kappa shape index (κ2) is 14.4. The number of carbonyl (C=O) groups excluding carboxylic acids is 2. The number of piperidine rings is 1. The van der Waals surface area contributed by atoms with E-state index in [4.69, 9.17) is 11.6 Å². The Kier molecular flexibility index (Phi) is 11.0. The molecule has 3 aliphatic rings. The Balaban J connectivity index is 0.00000235. The Labute approximate surface area is 278 Å². The van der Waals surface area contributed by atoms with E-state index in [0.29, 0.717) is 37.0 Å². The standard InChI is InChI=1S/C28H29BrClF3N8O3.C2H6/c1-15-24(43)23(38-14-36-15)26(44)40-8-7-27(17-10-21(17)40)6-5-20(37-13-35-12-29)25(27)41(34-2)11-22(42)39-19-4-3-16(9-18(19)30)28(31,32)33;1-2/h3-4,9,13-14,17,21,43H,2,5-8,10-12H2,1H3,(H,35,37)(H,39,42);1-2H3. The van der Waals surface area contributed by atoms with Crippen LogP contribution in [0.25, 0.3) is 0 Å². The minimum atomic E-state index is -4.57. The molecule has 2 aliphatic carbocycles. The van der Waals surface area contributed by atoms with Gasteiger partial charge in [-0.1, -0.05) is 41.4 Å². The fourth-order valence-corrected chi connectivity index (χ4v) is 6.69. The van der Waals surface area contributed by atoms with Crippen molar-refractivity contribution in [3.05, 3.63) is 57.9 Å². The van der Waals surface area contributed by atoms with Gasteiger partial charge in [0.15, 0.2) is 11.4 Å². The van der Waals surface area contributed by atoms with Crippen molar-refractivity contribution in [1.29, 1.82) is 0 Å². The van der Waals surface area contributed by atoms with Crippen molar-refractivity contribution in [2.75, 3.05) is 23.9 Å². The van der Waals surface area contributed by atoms with Gasteiger partial charge >= 0.3 is 6.18 Å². The van der Waals surface area contributed by atoms with E-state index < -0.39 is 23.1 Å². The summed E-state index contributed by atoms with van der Waals surface area (Å²) < 4.78 is 39.2. The Morgan fingerprint density at radius 2 is 2.04 bits per heavy atom. The van der Waals surface area contributed by atoms with Gasteiger partial charge < -0.3 is 20.6 Å². The van der Waals surface area contributed by atoms with Gasteiger partial charge in [-0.05, 0) is 56.7 Å². The van der Waals surface area contributed by atoms with Crippen LogP contribution in [0.5, 0.6) is 5.75 Å². The van der Waals surface area contributed by atoms with E-state index in [1.54, 1.807) is 18.2 Å². The average molecular weight is 728 g/mol. The summed E-state index contributed by atoms with van der Waals surface area (Å²) in [6.45, 7) is 9.40. The molecule has 5 rings (SSSR count). The molecule has 1 spiro atoms. The Bertz CT molecular complexity index is 1560. The lowest BCUT2D eigenvalue weighted by molar-refractivity contribution is -0.137. The maximum absolute atomic E-state index is 13.4. The van der Waals surface area contributed by atoms with Gasteiger partial charge in [0, 0.05) is 30.4 Å². The van der Waals surface area contributed by atoms with E-state index in [1.807, 2.05) is 13.8 Å². The number of carbonyl (C=O) groups is 2. The van der Waals surface area contributed by atoms with Crippen molar-refractivity contribution in [3.63, 3.8) is 0 Å². The van der Waals surface area contributed by atoms with Crippen molar-refractivity contribution in [2.24, 2.45) is 21.4 Å². The number of likely N-dealkylation sites (tertiary alicyclic amines) is 1. The van der Waals surface area contributed by atoms with E-state index >= 15 is 0 Å². The van der Waals surface area contributed by atoms with Gasteiger partial charge in [-0.2, -0.15) is 18.3 Å². The normalized spacial score (nSPS) is 21.9. The largest absolute Gasteiger partial charge is 0.504 e. The summed E-state index contributed by atoms with van der Waals surface area (Å²) in [5.74, 6) is -1.12. The molecule has 2 fully saturated rings. The van der Waals surface area contributed by atoms with Crippen LogP contribution in [-0.4, -0.2) is 74.4 Å². The average Bonchev–Trinajstić information content (AvgIpc) is 3.76. The zero-order chi connectivity index (χ0) is 33.8. The highest BCUT2D eigenvalue weighted by Crippen LogP contribution is 2.63. The number of nitrogens with zero attached hydrogens (tertiary/aromatic N) is 6. The molecule has 1 saturated carbocycles. The number of halogens is 5. The molecular weight excluding hydrogens is 693 g/mol. The smallest absolute Gasteiger partial charge is 0.416 e. The second-order valence-electron chi connectivity index (χ2n) is 10.8. The number of anilines is 1. The molecule has 2 amide bonds. The highest BCUT2D eigenvalue weighted by molar-refractivity contribution is 9.09. The van der Waals surface area contributed by atoms with Crippen LogP contribution in [0.4, 0.5) is 18.9 Å². The summed E-state index contributed by atoms with van der Waals surface area (Å²) >= 11 is 9.31. The number of rotatable bonds is 9. The fourth-order valence-electron chi connectivity index (χ4n) is 6.32. The van der Waals surface area contributed by atoms with Crippen LogP contribution in [-0.2, 0) is 11.0 Å². The first-order valence-corrected chi connectivity index (χ1v) is 16.2. The molecule has 16 heteroatoms. The van der Waals surface area contributed by atoms with Crippen LogP contribution in [0, 0.1) is 18.3 Å². The monoisotopic (exact) mass is 726 g/mol. The lowest BCUT2D eigenvalue weighted by atomic mass is 9.74. The van der Waals surface area contributed by atoms with Gasteiger partial charge in [-0.25, -0.2) is 9.97 Å². The summed E-state index contributed by atoms with van der Waals surface area (Å²) in [5.41, 5.74) is 0.872. The third-order valence-electron chi connectivity index (χ3n) is 8.40. The number of hydrazone groups is 1. The van der Waals surface area contributed by atoms with Crippen molar-refractivity contribution in [2.45, 2.75) is 58.7 Å². The van der Waals surface area contributed by atoms with Gasteiger partial charge in [0.05, 0.1) is 39.5 Å². The summed E-state index contributed by atoms with van der Waals surface area (Å²) in [7, 11) is 0. The predicted octanol–water partition coefficient (Wildman–Crippen LogP) is 5.94. The molecule has 248 valence electrons. The van der Waals surface area contributed by atoms with E-state index in [2.05, 4.69) is 53.3 Å². The molecule has 3 unspecified atom stereocenters. The van der Waals surface area contributed by atoms with Crippen molar-refractivity contribution in [1.82, 2.24) is 25.2 Å². The first kappa shape index (κ1) is 35.1. The molecule has 11 nitrogen and oxygen atoms in total. The van der Waals surface area contributed by atoms with Crippen LogP contribution in [0.2, 0.25) is 5.02 Å². The number of benzene rings is 1. The summed E-state index contributed by atoms with van der Waals surface area (Å²) in [6.07, 6.45) is 0.849. The van der Waals surface area contributed by atoms with Gasteiger partial charge in [0.1, 0.15) is 12.9 Å². The zero-order valence-electron chi connectivity index (χ0n) is 25.5. The molecule has 1 aliphatic heterocycles. The van der Waals surface area contributed by atoms with Crippen LogP contribution >= 0.6 is 27.5 Å². The molecule has 3 atom stereocenters. The number of hydrogen-bond acceptors (Lipinski definition) is 8. The number of alkyl halides is 4. The molecule has 0 radical (unpaired) electrons. The lowest BCUT2D eigenvalue weighted by Crippen LogP contribution is -2.47. The van der Waals surface area contributed by atoms with Gasteiger partial charge in [-0.3, -0.25) is 19.6 Å². The van der Waals surface area contributed by atoms with E-state index in [0.717, 1.165) is 36.0 Å². The van der Waals surface area contributed by atoms with Gasteiger partial charge in [0.2, 0.25) is 5.91 Å². The number of aromatic hydroxyl groups is 1. The number of hydrogen-bond donors (Lipinski definition) is 3. The zero-order valence-corrected chi connectivity index (χ0v) is 27.9. The molecule has 46 heavy (non-hydrogen) atoms. The van der Waals surface area contributed by atoms with Crippen molar-refractivity contribution in [3.8, 4) is 5.75 Å². The first-order valence-electron chi connectivity index (χ1n) is 14.7. The topological polar surface area (TPSA) is 135 Å². The highest BCUT2D eigenvalue weighted by atomic mass is 79.9. The molecule has 1 aromatic heterocycles. The molecule has 3 N–H and O–H groups in total. The number of aliphatic imine (C=N–C) groups is 1. The van der Waals surface area contributed by atoms with Crippen LogP contribution < -0.4 is 10.6 Å². The number of nitrogens with one attached hydrogen (secondary N) is 2. The number of fused-ring (bicyclic) bond motifs is 2. The second-order valence-corrected chi connectivity index (χ2v) is 11.7. The van der Waals surface area contributed by atoms with E-state index in [9.17, 15) is 27.9 Å². The molecule has 2 heterocycles. The summed E-state index contributed by atoms with van der Waals surface area (Å²) in [5, 5.41) is 21.6. The van der Waals surface area contributed by atoms with Crippen molar-refractivity contribution >= 4 is 58.1 Å². The maximum Gasteiger partial charge on any atom is 0.416 e. The first-order chi connectivity index (χ1) is 21.9. The lowest BCUT2D eigenvalue weighted by Gasteiger charge is -2.42. The molecular formula is C30H35BrClF3N8O3. The van der Waals surface area contributed by atoms with E-state index in [1.165, 1.54) is 11.3 Å². The SMILES string of the molecule is C=NN(CC(=O)Nc1ccc(C(F)(F)F)cc1Cl)C1=C(N/C=N/CBr)CCC12CCN(C(=O)c1ncnc(C)c1O)C1CC12.CC. The molecule has 1 saturated heterocycles. The van der Waals surface area contributed by atoms with Crippen LogP contribution in [0.1, 0.15) is 61.3 Å². The third-order valence-corrected chi connectivity index (χ3v) is 9.01. The number of aryl methyl sites for hydroxylation is 1. The number of allylic oxidation sites excluding steroid dienone is 2. The minimum absolute atomic E-state index is 0.0314. The third kappa shape index (κ3) is 6.99. The van der Waals surface area contributed by atoms with Crippen LogP contribution in [0.3, 0.4) is 0 Å².